The molecule has 0 bridgehead atoms. The second-order valence-corrected chi connectivity index (χ2v) is 5.93. The van der Waals surface area contributed by atoms with Crippen molar-refractivity contribution in [3.05, 3.63) is 35.6 Å². The van der Waals surface area contributed by atoms with Crippen molar-refractivity contribution in [1.82, 2.24) is 20.0 Å². The smallest absolute Gasteiger partial charge is 0.228 e. The average molecular weight is 315 g/mol. The van der Waals surface area contributed by atoms with Crippen LogP contribution >= 0.6 is 0 Å². The molecule has 2 aromatic heterocycles. The molecular formula is C16H21N5O2. The lowest BCUT2D eigenvalue weighted by atomic mass is 9.95. The zero-order valence-corrected chi connectivity index (χ0v) is 13.5. The Bertz CT molecular complexity index is 643. The maximum Gasteiger partial charge on any atom is 0.228 e. The first kappa shape index (κ1) is 15.6. The molecule has 1 amide bonds. The van der Waals surface area contributed by atoms with Gasteiger partial charge in [-0.25, -0.2) is 4.98 Å². The van der Waals surface area contributed by atoms with Gasteiger partial charge in [0.05, 0.1) is 11.9 Å². The number of amides is 1. The molecule has 0 saturated carbocycles. The Kier molecular flexibility index (Phi) is 4.66. The van der Waals surface area contributed by atoms with E-state index in [-0.39, 0.29) is 11.8 Å². The molecule has 7 nitrogen and oxygen atoms in total. The lowest BCUT2D eigenvalue weighted by Crippen LogP contribution is -2.38. The van der Waals surface area contributed by atoms with Crippen molar-refractivity contribution < 1.29 is 9.32 Å². The maximum atomic E-state index is 12.3. The predicted molar refractivity (Wildman–Crippen MR) is 84.6 cm³/mol. The molecule has 0 aromatic carbocycles. The van der Waals surface area contributed by atoms with Crippen LogP contribution in [-0.4, -0.2) is 39.0 Å². The Hall–Kier alpha value is -2.28. The highest BCUT2D eigenvalue weighted by Gasteiger charge is 2.26. The van der Waals surface area contributed by atoms with E-state index in [2.05, 4.69) is 25.3 Å². The van der Waals surface area contributed by atoms with Gasteiger partial charge in [-0.15, -0.1) is 0 Å². The molecule has 3 heterocycles. The van der Waals surface area contributed by atoms with E-state index in [4.69, 9.17) is 4.52 Å². The number of hydrogen-bond acceptors (Lipinski definition) is 6. The first-order valence-electron chi connectivity index (χ1n) is 7.84. The zero-order valence-electron chi connectivity index (χ0n) is 13.5. The highest BCUT2D eigenvalue weighted by atomic mass is 16.5. The number of hydrogen-bond donors (Lipinski definition) is 1. The topological polar surface area (TPSA) is 84.2 Å². The first-order chi connectivity index (χ1) is 11.1. The summed E-state index contributed by atoms with van der Waals surface area (Å²) in [4.78, 5) is 22.7. The van der Waals surface area contributed by atoms with Crippen molar-refractivity contribution in [2.75, 3.05) is 18.4 Å². The van der Waals surface area contributed by atoms with Crippen LogP contribution in [0.25, 0.3) is 0 Å². The van der Waals surface area contributed by atoms with Gasteiger partial charge >= 0.3 is 0 Å². The Balaban J connectivity index is 1.51. The van der Waals surface area contributed by atoms with Crippen LogP contribution in [0.4, 0.5) is 5.82 Å². The van der Waals surface area contributed by atoms with Crippen molar-refractivity contribution in [3.8, 4) is 0 Å². The van der Waals surface area contributed by atoms with E-state index in [1.807, 2.05) is 13.8 Å². The third kappa shape index (κ3) is 3.73. The third-order valence-corrected chi connectivity index (χ3v) is 4.34. The number of aromatic nitrogens is 3. The summed E-state index contributed by atoms with van der Waals surface area (Å²) in [5, 5.41) is 6.83. The standard InChI is InChI=1S/C16H21N5O2/c1-11-14(12(2)23-20-11)10-21-7-3-13(4-8-21)16(22)19-15-9-17-5-6-18-15/h5-6,9,13H,3-4,7-8,10H2,1-2H3,(H,18,19,22). The molecule has 3 rings (SSSR count). The van der Waals surface area contributed by atoms with Gasteiger partial charge in [0.15, 0.2) is 5.82 Å². The molecule has 0 radical (unpaired) electrons. The summed E-state index contributed by atoms with van der Waals surface area (Å²) in [5.74, 6) is 1.45. The second kappa shape index (κ2) is 6.87. The van der Waals surface area contributed by atoms with Gasteiger partial charge in [-0.3, -0.25) is 14.7 Å². The summed E-state index contributed by atoms with van der Waals surface area (Å²) in [6, 6.07) is 0. The monoisotopic (exact) mass is 315 g/mol. The van der Waals surface area contributed by atoms with Crippen molar-refractivity contribution in [3.63, 3.8) is 0 Å². The molecule has 122 valence electrons. The van der Waals surface area contributed by atoms with Gasteiger partial charge in [0.25, 0.3) is 0 Å². The minimum atomic E-state index is 0.0259. The molecule has 2 aromatic rings. The molecule has 23 heavy (non-hydrogen) atoms. The van der Waals surface area contributed by atoms with Crippen LogP contribution in [0.3, 0.4) is 0 Å². The number of rotatable bonds is 4. The van der Waals surface area contributed by atoms with E-state index in [1.54, 1.807) is 18.6 Å². The van der Waals surface area contributed by atoms with E-state index in [0.717, 1.165) is 49.5 Å². The number of piperidine rings is 1. The summed E-state index contributed by atoms with van der Waals surface area (Å²) < 4.78 is 5.21. The van der Waals surface area contributed by atoms with Crippen molar-refractivity contribution in [2.24, 2.45) is 5.92 Å². The molecule has 0 spiro atoms. The van der Waals surface area contributed by atoms with Gasteiger partial charge in [0.1, 0.15) is 5.76 Å². The molecule has 1 saturated heterocycles. The van der Waals surface area contributed by atoms with Crippen LogP contribution in [0.15, 0.2) is 23.1 Å². The van der Waals surface area contributed by atoms with Crippen LogP contribution in [0.2, 0.25) is 0 Å². The normalized spacial score (nSPS) is 16.4. The molecule has 0 aliphatic carbocycles. The number of carbonyl (C=O) groups is 1. The fourth-order valence-electron chi connectivity index (χ4n) is 2.90. The van der Waals surface area contributed by atoms with Gasteiger partial charge in [-0.1, -0.05) is 5.16 Å². The zero-order chi connectivity index (χ0) is 16.2. The molecule has 0 atom stereocenters. The maximum absolute atomic E-state index is 12.3. The number of nitrogens with one attached hydrogen (secondary N) is 1. The van der Waals surface area contributed by atoms with Gasteiger partial charge in [0.2, 0.25) is 5.91 Å². The lowest BCUT2D eigenvalue weighted by molar-refractivity contribution is -0.121. The van der Waals surface area contributed by atoms with Crippen LogP contribution in [0, 0.1) is 19.8 Å². The second-order valence-electron chi connectivity index (χ2n) is 5.93. The minimum Gasteiger partial charge on any atom is -0.361 e. The largest absolute Gasteiger partial charge is 0.361 e. The number of carbonyl (C=O) groups excluding carboxylic acids is 1. The average Bonchev–Trinajstić information content (AvgIpc) is 2.88. The molecule has 0 unspecified atom stereocenters. The number of aryl methyl sites for hydroxylation is 2. The highest BCUT2D eigenvalue weighted by molar-refractivity contribution is 5.91. The Morgan fingerprint density at radius 3 is 2.74 bits per heavy atom. The highest BCUT2D eigenvalue weighted by Crippen LogP contribution is 2.22. The molecular weight excluding hydrogens is 294 g/mol. The predicted octanol–water partition coefficient (Wildman–Crippen LogP) is 1.93. The fraction of sp³-hybridized carbons (Fsp3) is 0.500. The molecule has 1 aliphatic heterocycles. The van der Waals surface area contributed by atoms with Crippen LogP contribution in [-0.2, 0) is 11.3 Å². The van der Waals surface area contributed by atoms with E-state index in [9.17, 15) is 4.79 Å². The first-order valence-corrected chi connectivity index (χ1v) is 7.84. The third-order valence-electron chi connectivity index (χ3n) is 4.34. The quantitative estimate of drug-likeness (QED) is 0.928. The summed E-state index contributed by atoms with van der Waals surface area (Å²) in [5.41, 5.74) is 2.11. The van der Waals surface area contributed by atoms with Crippen molar-refractivity contribution in [1.29, 1.82) is 0 Å². The van der Waals surface area contributed by atoms with Gasteiger partial charge in [-0.05, 0) is 39.8 Å². The minimum absolute atomic E-state index is 0.0259. The molecule has 7 heteroatoms. The van der Waals surface area contributed by atoms with E-state index in [0.29, 0.717) is 5.82 Å². The van der Waals surface area contributed by atoms with E-state index in [1.165, 1.54) is 0 Å². The lowest BCUT2D eigenvalue weighted by Gasteiger charge is -2.31. The van der Waals surface area contributed by atoms with Crippen LogP contribution < -0.4 is 5.32 Å². The van der Waals surface area contributed by atoms with Gasteiger partial charge < -0.3 is 9.84 Å². The summed E-state index contributed by atoms with van der Waals surface area (Å²) in [6.45, 7) is 6.52. The fourth-order valence-corrected chi connectivity index (χ4v) is 2.90. The molecule has 1 N–H and O–H groups in total. The summed E-state index contributed by atoms with van der Waals surface area (Å²) >= 11 is 0. The van der Waals surface area contributed by atoms with Crippen LogP contribution in [0.5, 0.6) is 0 Å². The Morgan fingerprint density at radius 1 is 1.35 bits per heavy atom. The van der Waals surface area contributed by atoms with Crippen molar-refractivity contribution >= 4 is 11.7 Å². The van der Waals surface area contributed by atoms with E-state index >= 15 is 0 Å². The van der Waals surface area contributed by atoms with Gasteiger partial charge in [0, 0.05) is 30.4 Å². The Morgan fingerprint density at radius 2 is 2.13 bits per heavy atom. The van der Waals surface area contributed by atoms with Crippen LogP contribution in [0.1, 0.15) is 29.9 Å². The summed E-state index contributed by atoms with van der Waals surface area (Å²) in [6.07, 6.45) is 6.40. The summed E-state index contributed by atoms with van der Waals surface area (Å²) in [7, 11) is 0. The number of nitrogens with zero attached hydrogens (tertiary/aromatic N) is 4. The molecule has 1 aliphatic rings. The van der Waals surface area contributed by atoms with E-state index < -0.39 is 0 Å². The Labute approximate surface area is 135 Å². The number of likely N-dealkylation sites (tertiary alicyclic amines) is 1. The van der Waals surface area contributed by atoms with Crippen molar-refractivity contribution in [2.45, 2.75) is 33.2 Å². The SMILES string of the molecule is Cc1noc(C)c1CN1CCC(C(=O)Nc2cnccn2)CC1. The molecule has 1 fully saturated rings. The number of anilines is 1. The van der Waals surface area contributed by atoms with Gasteiger partial charge in [-0.2, -0.15) is 0 Å².